The van der Waals surface area contributed by atoms with Gasteiger partial charge in [-0.25, -0.2) is 0 Å². The number of hydrogen-bond donors (Lipinski definition) is 2. The third-order valence-corrected chi connectivity index (χ3v) is 4.17. The molecule has 4 nitrogen and oxygen atoms in total. The summed E-state index contributed by atoms with van der Waals surface area (Å²) in [6, 6.07) is 0. The predicted molar refractivity (Wildman–Crippen MR) is 62.0 cm³/mol. The zero-order valence-corrected chi connectivity index (χ0v) is 10.2. The Morgan fingerprint density at radius 1 is 1.50 bits per heavy atom. The molecule has 0 spiro atoms. The highest BCUT2D eigenvalue weighted by molar-refractivity contribution is 5.78. The Hall–Kier alpha value is -0.610. The van der Waals surface area contributed by atoms with Gasteiger partial charge in [-0.15, -0.1) is 0 Å². The number of nitrogens with two attached hydrogens (primary N) is 1. The first-order valence-corrected chi connectivity index (χ1v) is 6.15. The smallest absolute Gasteiger partial charge is 0.222 e. The maximum Gasteiger partial charge on any atom is 0.222 e. The highest BCUT2D eigenvalue weighted by Crippen LogP contribution is 2.33. The minimum atomic E-state index is -0.233. The van der Waals surface area contributed by atoms with Crippen LogP contribution in [0.4, 0.5) is 0 Å². The molecule has 2 rings (SSSR count). The van der Waals surface area contributed by atoms with Crippen molar-refractivity contribution in [3.05, 3.63) is 0 Å². The molecule has 2 aliphatic rings. The highest BCUT2D eigenvalue weighted by Gasteiger charge is 2.40. The molecule has 1 heterocycles. The van der Waals surface area contributed by atoms with Crippen molar-refractivity contribution in [3.8, 4) is 0 Å². The molecule has 1 saturated carbocycles. The largest absolute Gasteiger partial charge is 0.376 e. The zero-order chi connectivity index (χ0) is 11.8. The second-order valence-corrected chi connectivity index (χ2v) is 5.62. The lowest BCUT2D eigenvalue weighted by Crippen LogP contribution is -2.55. The molecule has 0 aromatic carbocycles. The second-order valence-electron chi connectivity index (χ2n) is 5.62. The van der Waals surface area contributed by atoms with Crippen LogP contribution in [-0.4, -0.2) is 29.7 Å². The van der Waals surface area contributed by atoms with Crippen LogP contribution in [0.5, 0.6) is 0 Å². The molecule has 2 unspecified atom stereocenters. The van der Waals surface area contributed by atoms with Crippen molar-refractivity contribution < 1.29 is 9.53 Å². The lowest BCUT2D eigenvalue weighted by Gasteiger charge is -2.39. The van der Waals surface area contributed by atoms with E-state index in [-0.39, 0.29) is 23.1 Å². The Morgan fingerprint density at radius 3 is 2.62 bits per heavy atom. The number of ether oxygens (including phenoxy) is 1. The van der Waals surface area contributed by atoms with Crippen molar-refractivity contribution in [1.29, 1.82) is 0 Å². The van der Waals surface area contributed by atoms with Gasteiger partial charge in [0.2, 0.25) is 5.91 Å². The van der Waals surface area contributed by atoms with E-state index in [1.54, 1.807) is 0 Å². The van der Waals surface area contributed by atoms with Crippen LogP contribution in [0.1, 0.15) is 46.0 Å². The van der Waals surface area contributed by atoms with Gasteiger partial charge >= 0.3 is 0 Å². The molecule has 4 heteroatoms. The minimum Gasteiger partial charge on any atom is -0.376 e. The van der Waals surface area contributed by atoms with Crippen LogP contribution in [0.3, 0.4) is 0 Å². The normalized spacial score (nSPS) is 36.8. The maximum atomic E-state index is 11.9. The van der Waals surface area contributed by atoms with Gasteiger partial charge in [0.05, 0.1) is 11.6 Å². The van der Waals surface area contributed by atoms with Crippen LogP contribution in [0.2, 0.25) is 0 Å². The molecule has 0 aromatic heterocycles. The van der Waals surface area contributed by atoms with Crippen LogP contribution >= 0.6 is 0 Å². The average Bonchev–Trinajstić information content (AvgIpc) is 2.44. The van der Waals surface area contributed by atoms with Crippen molar-refractivity contribution in [2.45, 2.75) is 63.1 Å². The SMILES string of the molecule is CC1OCCC1(C)NC(=O)CC1(N)CCC1. The Labute approximate surface area is 96.9 Å². The molecule has 0 radical (unpaired) electrons. The summed E-state index contributed by atoms with van der Waals surface area (Å²) in [6.45, 7) is 4.78. The number of amides is 1. The number of rotatable bonds is 3. The molecule has 2 atom stereocenters. The molecule has 0 bridgehead atoms. The van der Waals surface area contributed by atoms with E-state index in [2.05, 4.69) is 5.32 Å². The summed E-state index contributed by atoms with van der Waals surface area (Å²) in [5.41, 5.74) is 5.62. The van der Waals surface area contributed by atoms with Crippen molar-refractivity contribution in [1.82, 2.24) is 5.32 Å². The summed E-state index contributed by atoms with van der Waals surface area (Å²) in [5.74, 6) is 0.0713. The average molecular weight is 226 g/mol. The summed E-state index contributed by atoms with van der Waals surface area (Å²) in [6.07, 6.45) is 4.53. The minimum absolute atomic E-state index is 0.0713. The van der Waals surface area contributed by atoms with Crippen LogP contribution in [0.25, 0.3) is 0 Å². The van der Waals surface area contributed by atoms with E-state index in [4.69, 9.17) is 10.5 Å². The van der Waals surface area contributed by atoms with Crippen molar-refractivity contribution in [2.75, 3.05) is 6.61 Å². The Kier molecular flexibility index (Phi) is 2.97. The number of carbonyl (C=O) groups is 1. The van der Waals surface area contributed by atoms with Crippen LogP contribution < -0.4 is 11.1 Å². The fourth-order valence-electron chi connectivity index (χ4n) is 2.49. The Morgan fingerprint density at radius 2 is 2.19 bits per heavy atom. The molecule has 0 aromatic rings. The molecular formula is C12H22N2O2. The van der Waals surface area contributed by atoms with Gasteiger partial charge in [-0.1, -0.05) is 0 Å². The van der Waals surface area contributed by atoms with E-state index in [9.17, 15) is 4.79 Å². The fourth-order valence-corrected chi connectivity index (χ4v) is 2.49. The van der Waals surface area contributed by atoms with E-state index in [1.165, 1.54) is 0 Å². The van der Waals surface area contributed by atoms with Crippen molar-refractivity contribution in [2.24, 2.45) is 5.73 Å². The lowest BCUT2D eigenvalue weighted by molar-refractivity contribution is -0.125. The Bertz CT molecular complexity index is 289. The van der Waals surface area contributed by atoms with Crippen molar-refractivity contribution >= 4 is 5.91 Å². The van der Waals surface area contributed by atoms with Gasteiger partial charge in [0.15, 0.2) is 0 Å². The molecule has 1 amide bonds. The first kappa shape index (κ1) is 11.9. The predicted octanol–water partition coefficient (Wildman–Crippen LogP) is 0.942. The molecule has 3 N–H and O–H groups in total. The molecule has 16 heavy (non-hydrogen) atoms. The summed E-state index contributed by atoms with van der Waals surface area (Å²) < 4.78 is 5.49. The lowest BCUT2D eigenvalue weighted by atomic mass is 9.75. The van der Waals surface area contributed by atoms with E-state index < -0.39 is 0 Å². The van der Waals surface area contributed by atoms with Gasteiger partial charge < -0.3 is 15.8 Å². The Balaban J connectivity index is 1.87. The van der Waals surface area contributed by atoms with Gasteiger partial charge in [0.25, 0.3) is 0 Å². The fraction of sp³-hybridized carbons (Fsp3) is 0.917. The topological polar surface area (TPSA) is 64.3 Å². The maximum absolute atomic E-state index is 11.9. The number of carbonyl (C=O) groups excluding carboxylic acids is 1. The molecule has 2 fully saturated rings. The second kappa shape index (κ2) is 4.00. The zero-order valence-electron chi connectivity index (χ0n) is 10.2. The molecule has 1 saturated heterocycles. The summed E-state index contributed by atoms with van der Waals surface area (Å²) >= 11 is 0. The van der Waals surface area contributed by atoms with Gasteiger partial charge in [0.1, 0.15) is 0 Å². The van der Waals surface area contributed by atoms with E-state index in [1.807, 2.05) is 13.8 Å². The molecular weight excluding hydrogens is 204 g/mol. The van der Waals surface area contributed by atoms with Crippen LogP contribution in [0.15, 0.2) is 0 Å². The quantitative estimate of drug-likeness (QED) is 0.753. The van der Waals surface area contributed by atoms with Gasteiger partial charge in [-0.3, -0.25) is 4.79 Å². The number of nitrogens with one attached hydrogen (secondary N) is 1. The van der Waals surface area contributed by atoms with Crippen LogP contribution in [0, 0.1) is 0 Å². The van der Waals surface area contributed by atoms with E-state index in [0.29, 0.717) is 6.42 Å². The summed E-state index contributed by atoms with van der Waals surface area (Å²) in [4.78, 5) is 11.9. The first-order valence-electron chi connectivity index (χ1n) is 6.15. The van der Waals surface area contributed by atoms with Crippen molar-refractivity contribution in [3.63, 3.8) is 0 Å². The van der Waals surface area contributed by atoms with Gasteiger partial charge in [-0.2, -0.15) is 0 Å². The standard InChI is InChI=1S/C12H22N2O2/c1-9-11(2,6-7-16-9)14-10(15)8-12(13)4-3-5-12/h9H,3-8,13H2,1-2H3,(H,14,15). The third kappa shape index (κ3) is 2.23. The summed E-state index contributed by atoms with van der Waals surface area (Å²) in [5, 5.41) is 3.09. The number of hydrogen-bond acceptors (Lipinski definition) is 3. The van der Waals surface area contributed by atoms with E-state index in [0.717, 1.165) is 32.3 Å². The molecule has 1 aliphatic heterocycles. The monoisotopic (exact) mass is 226 g/mol. The van der Waals surface area contributed by atoms with Gasteiger partial charge in [0, 0.05) is 18.6 Å². The summed E-state index contributed by atoms with van der Waals surface area (Å²) in [7, 11) is 0. The third-order valence-electron chi connectivity index (χ3n) is 4.17. The first-order chi connectivity index (χ1) is 7.44. The highest BCUT2D eigenvalue weighted by atomic mass is 16.5. The van der Waals surface area contributed by atoms with E-state index >= 15 is 0 Å². The molecule has 92 valence electrons. The van der Waals surface area contributed by atoms with Crippen LogP contribution in [-0.2, 0) is 9.53 Å². The van der Waals surface area contributed by atoms with Gasteiger partial charge in [-0.05, 0) is 39.5 Å². The molecule has 1 aliphatic carbocycles.